The molecule has 1 aromatic heterocycles. The van der Waals surface area contributed by atoms with Gasteiger partial charge in [0.05, 0.1) is 0 Å². The van der Waals surface area contributed by atoms with Crippen molar-refractivity contribution in [2.24, 2.45) is 10.9 Å². The van der Waals surface area contributed by atoms with Crippen LogP contribution in [0.15, 0.2) is 65.8 Å². The normalized spacial score (nSPS) is 11.1. The van der Waals surface area contributed by atoms with Gasteiger partial charge in [0.25, 0.3) is 0 Å². The fourth-order valence-electron chi connectivity index (χ4n) is 2.28. The third-order valence-corrected chi connectivity index (χ3v) is 3.37. The molecule has 0 bridgehead atoms. The minimum absolute atomic E-state index is 0.00406. The van der Waals surface area contributed by atoms with Crippen molar-refractivity contribution in [3.05, 3.63) is 66.5 Å². The van der Waals surface area contributed by atoms with Crippen LogP contribution in [0.5, 0.6) is 0 Å². The Balaban J connectivity index is 2.10. The molecule has 0 unspecified atom stereocenters. The van der Waals surface area contributed by atoms with Gasteiger partial charge in [0, 0.05) is 18.3 Å². The van der Waals surface area contributed by atoms with Gasteiger partial charge in [0.2, 0.25) is 23.6 Å². The Bertz CT molecular complexity index is 922. The van der Waals surface area contributed by atoms with Crippen LogP contribution in [0.25, 0.3) is 0 Å². The maximum atomic E-state index is 10.9. The SMILES string of the molecule is CC(=O)O/N=C(\N)c1nc(N)nc(N(c2ccccc2)c2ccccc2)n1. The van der Waals surface area contributed by atoms with Gasteiger partial charge in [-0.1, -0.05) is 41.6 Å². The van der Waals surface area contributed by atoms with Crippen LogP contribution >= 0.6 is 0 Å². The first-order chi connectivity index (χ1) is 13.0. The number of rotatable bonds is 5. The summed E-state index contributed by atoms with van der Waals surface area (Å²) in [5.41, 5.74) is 13.3. The zero-order valence-electron chi connectivity index (χ0n) is 14.5. The number of carbonyl (C=O) groups excluding carboxylic acids is 1. The van der Waals surface area contributed by atoms with Crippen LogP contribution in [0, 0.1) is 0 Å². The number of para-hydroxylation sites is 2. The lowest BCUT2D eigenvalue weighted by molar-refractivity contribution is -0.140. The van der Waals surface area contributed by atoms with Gasteiger partial charge < -0.3 is 16.3 Å². The number of hydrogen-bond acceptors (Lipinski definition) is 8. The Hall–Kier alpha value is -4.01. The molecule has 0 aliphatic rings. The number of amidine groups is 1. The summed E-state index contributed by atoms with van der Waals surface area (Å²) < 4.78 is 0. The minimum atomic E-state index is -0.615. The molecular formula is C18H17N7O2. The summed E-state index contributed by atoms with van der Waals surface area (Å²) >= 11 is 0. The van der Waals surface area contributed by atoms with E-state index in [1.165, 1.54) is 6.92 Å². The fourth-order valence-corrected chi connectivity index (χ4v) is 2.28. The lowest BCUT2D eigenvalue weighted by Crippen LogP contribution is -2.22. The van der Waals surface area contributed by atoms with E-state index in [4.69, 9.17) is 11.5 Å². The lowest BCUT2D eigenvalue weighted by atomic mass is 10.2. The van der Waals surface area contributed by atoms with Gasteiger partial charge in [-0.25, -0.2) is 4.79 Å². The Kier molecular flexibility index (Phi) is 5.22. The summed E-state index contributed by atoms with van der Waals surface area (Å²) in [6.07, 6.45) is 0. The maximum absolute atomic E-state index is 10.9. The molecule has 4 N–H and O–H groups in total. The highest BCUT2D eigenvalue weighted by Gasteiger charge is 2.18. The van der Waals surface area contributed by atoms with Gasteiger partial charge in [-0.15, -0.1) is 0 Å². The number of anilines is 4. The molecule has 0 amide bonds. The van der Waals surface area contributed by atoms with Crippen LogP contribution < -0.4 is 16.4 Å². The van der Waals surface area contributed by atoms with Crippen molar-refractivity contribution < 1.29 is 9.63 Å². The Morgan fingerprint density at radius 2 is 1.52 bits per heavy atom. The molecule has 0 saturated heterocycles. The van der Waals surface area contributed by atoms with E-state index < -0.39 is 5.97 Å². The van der Waals surface area contributed by atoms with Gasteiger partial charge in [0.15, 0.2) is 0 Å². The topological polar surface area (TPSA) is 133 Å². The molecule has 0 fully saturated rings. The Labute approximate surface area is 155 Å². The van der Waals surface area contributed by atoms with Gasteiger partial charge in [-0.2, -0.15) is 15.0 Å². The molecule has 0 atom stereocenters. The van der Waals surface area contributed by atoms with Crippen molar-refractivity contribution in [1.29, 1.82) is 0 Å². The average molecular weight is 363 g/mol. The van der Waals surface area contributed by atoms with E-state index in [9.17, 15) is 4.79 Å². The number of aromatic nitrogens is 3. The van der Waals surface area contributed by atoms with Crippen molar-refractivity contribution in [3.8, 4) is 0 Å². The molecule has 27 heavy (non-hydrogen) atoms. The largest absolute Gasteiger partial charge is 0.378 e. The molecular weight excluding hydrogens is 346 g/mol. The van der Waals surface area contributed by atoms with Crippen LogP contribution in [0.1, 0.15) is 12.7 Å². The molecule has 0 aliphatic carbocycles. The van der Waals surface area contributed by atoms with Crippen LogP contribution in [-0.4, -0.2) is 26.8 Å². The molecule has 136 valence electrons. The average Bonchev–Trinajstić information content (AvgIpc) is 2.67. The highest BCUT2D eigenvalue weighted by molar-refractivity contribution is 5.94. The van der Waals surface area contributed by atoms with E-state index in [0.29, 0.717) is 0 Å². The van der Waals surface area contributed by atoms with Crippen molar-refractivity contribution in [3.63, 3.8) is 0 Å². The number of hydrogen-bond donors (Lipinski definition) is 2. The number of nitrogen functional groups attached to an aromatic ring is 1. The molecule has 3 aromatic rings. The van der Waals surface area contributed by atoms with Crippen LogP contribution in [0.3, 0.4) is 0 Å². The van der Waals surface area contributed by atoms with E-state index in [1.54, 1.807) is 4.90 Å². The van der Waals surface area contributed by atoms with E-state index >= 15 is 0 Å². The molecule has 0 radical (unpaired) electrons. The Morgan fingerprint density at radius 3 is 2.04 bits per heavy atom. The Morgan fingerprint density at radius 1 is 0.963 bits per heavy atom. The molecule has 1 heterocycles. The summed E-state index contributed by atoms with van der Waals surface area (Å²) in [6.45, 7) is 1.20. The second kappa shape index (κ2) is 7.91. The van der Waals surface area contributed by atoms with Crippen molar-refractivity contribution in [2.75, 3.05) is 10.6 Å². The summed E-state index contributed by atoms with van der Waals surface area (Å²) in [5, 5.41) is 3.50. The van der Waals surface area contributed by atoms with Crippen LogP contribution in [0.2, 0.25) is 0 Å². The van der Waals surface area contributed by atoms with Crippen LogP contribution in [-0.2, 0) is 9.63 Å². The standard InChI is InChI=1S/C18H17N7O2/c1-12(26)27-24-15(19)16-21-17(20)23-18(22-16)25(13-8-4-2-5-9-13)14-10-6-3-7-11-14/h2-11H,1H3,(H2,19,24)(H2,20,21,22,23). The van der Waals surface area contributed by atoms with E-state index in [1.807, 2.05) is 60.7 Å². The highest BCUT2D eigenvalue weighted by Crippen LogP contribution is 2.31. The van der Waals surface area contributed by atoms with E-state index in [-0.39, 0.29) is 23.6 Å². The number of nitrogens with two attached hydrogens (primary N) is 2. The summed E-state index contributed by atoms with van der Waals surface area (Å²) in [5.74, 6) is -0.614. The first-order valence-electron chi connectivity index (χ1n) is 7.98. The predicted octanol–water partition coefficient (Wildman–Crippen LogP) is 2.11. The summed E-state index contributed by atoms with van der Waals surface area (Å²) in [7, 11) is 0. The number of carbonyl (C=O) groups is 1. The third-order valence-electron chi connectivity index (χ3n) is 3.37. The molecule has 0 aliphatic heterocycles. The second-order valence-corrected chi connectivity index (χ2v) is 5.38. The monoisotopic (exact) mass is 363 g/mol. The number of benzene rings is 2. The zero-order chi connectivity index (χ0) is 19.2. The predicted molar refractivity (Wildman–Crippen MR) is 101 cm³/mol. The van der Waals surface area contributed by atoms with Gasteiger partial charge in [0.1, 0.15) is 0 Å². The molecule has 9 heteroatoms. The summed E-state index contributed by atoms with van der Waals surface area (Å²) in [4.78, 5) is 29.8. The molecule has 3 rings (SSSR count). The highest BCUT2D eigenvalue weighted by atomic mass is 16.7. The number of oxime groups is 1. The summed E-state index contributed by atoms with van der Waals surface area (Å²) in [6, 6.07) is 19.0. The first kappa shape index (κ1) is 17.8. The molecule has 0 spiro atoms. The van der Waals surface area contributed by atoms with Gasteiger partial charge >= 0.3 is 5.97 Å². The number of nitrogens with zero attached hydrogens (tertiary/aromatic N) is 5. The lowest BCUT2D eigenvalue weighted by Gasteiger charge is -2.23. The van der Waals surface area contributed by atoms with E-state index in [2.05, 4.69) is 24.9 Å². The van der Waals surface area contributed by atoms with Crippen molar-refractivity contribution >= 4 is 35.1 Å². The molecule has 2 aromatic carbocycles. The third kappa shape index (κ3) is 4.34. The van der Waals surface area contributed by atoms with E-state index in [0.717, 1.165) is 11.4 Å². The second-order valence-electron chi connectivity index (χ2n) is 5.38. The maximum Gasteiger partial charge on any atom is 0.332 e. The van der Waals surface area contributed by atoms with Crippen molar-refractivity contribution in [2.45, 2.75) is 6.92 Å². The minimum Gasteiger partial charge on any atom is -0.378 e. The molecule has 0 saturated carbocycles. The van der Waals surface area contributed by atoms with Crippen LogP contribution in [0.4, 0.5) is 23.3 Å². The van der Waals surface area contributed by atoms with Gasteiger partial charge in [-0.05, 0) is 24.3 Å². The quantitative estimate of drug-likeness (QED) is 0.305. The smallest absolute Gasteiger partial charge is 0.332 e. The van der Waals surface area contributed by atoms with Crippen molar-refractivity contribution in [1.82, 2.24) is 15.0 Å². The molecule has 9 nitrogen and oxygen atoms in total. The first-order valence-corrected chi connectivity index (χ1v) is 7.98. The van der Waals surface area contributed by atoms with Gasteiger partial charge in [-0.3, -0.25) is 4.90 Å². The zero-order valence-corrected chi connectivity index (χ0v) is 14.5. The fraction of sp³-hybridized carbons (Fsp3) is 0.0556.